The van der Waals surface area contributed by atoms with Crippen LogP contribution in [-0.4, -0.2) is 41.1 Å². The van der Waals surface area contributed by atoms with Gasteiger partial charge in [-0.3, -0.25) is 14.9 Å². The van der Waals surface area contributed by atoms with Gasteiger partial charge in [0.2, 0.25) is 0 Å². The van der Waals surface area contributed by atoms with Crippen LogP contribution in [-0.2, 0) is 4.79 Å². The minimum absolute atomic E-state index is 0.250. The Bertz CT molecular complexity index is 280. The standard InChI is InChI=1S/C6H15N.C5H6N2S2.CH2O2/c1-4-7(5-2)6-3;6-9-8-5-2-1-3-7-4-5;2-1-3/h4-6H2,1-3H3;1-4H,6H2;1H,(H,2,3). The van der Waals surface area contributed by atoms with E-state index in [1.54, 1.807) is 12.4 Å². The molecule has 7 heteroatoms. The Balaban J connectivity index is 0. The molecule has 0 aromatic carbocycles. The third-order valence-electron chi connectivity index (χ3n) is 2.12. The smallest absolute Gasteiger partial charge is 0.290 e. The Labute approximate surface area is 123 Å². The lowest BCUT2D eigenvalue weighted by Crippen LogP contribution is -2.21. The minimum atomic E-state index is -0.250. The number of pyridine rings is 1. The first-order valence-corrected chi connectivity index (χ1v) is 8.14. The quantitative estimate of drug-likeness (QED) is 0.492. The average molecular weight is 305 g/mol. The first-order chi connectivity index (χ1) is 9.19. The van der Waals surface area contributed by atoms with Crippen molar-refractivity contribution in [3.8, 4) is 0 Å². The Kier molecular flexibility index (Phi) is 18.7. The Hall–Kier alpha value is -0.760. The molecule has 1 aromatic heterocycles. The van der Waals surface area contributed by atoms with Gasteiger partial charge in [0.25, 0.3) is 6.47 Å². The lowest BCUT2D eigenvalue weighted by atomic mass is 10.5. The summed E-state index contributed by atoms with van der Waals surface area (Å²) in [6.07, 6.45) is 3.52. The molecule has 0 aliphatic carbocycles. The molecule has 3 N–H and O–H groups in total. The third kappa shape index (κ3) is 15.2. The van der Waals surface area contributed by atoms with E-state index in [2.05, 4.69) is 30.7 Å². The summed E-state index contributed by atoms with van der Waals surface area (Å²) in [6, 6.07) is 3.86. The number of nitrogens with zero attached hydrogens (tertiary/aromatic N) is 2. The number of rotatable bonds is 5. The Morgan fingerprint density at radius 3 is 2.16 bits per heavy atom. The van der Waals surface area contributed by atoms with Crippen LogP contribution in [0.5, 0.6) is 0 Å². The van der Waals surface area contributed by atoms with E-state index in [-0.39, 0.29) is 6.47 Å². The van der Waals surface area contributed by atoms with Gasteiger partial charge in [-0.25, -0.2) is 0 Å². The monoisotopic (exact) mass is 305 g/mol. The maximum absolute atomic E-state index is 8.36. The van der Waals surface area contributed by atoms with Crippen LogP contribution in [0.2, 0.25) is 0 Å². The summed E-state index contributed by atoms with van der Waals surface area (Å²) in [4.78, 5) is 15.7. The molecule has 110 valence electrons. The number of aromatic nitrogens is 1. The zero-order chi connectivity index (χ0) is 14.9. The van der Waals surface area contributed by atoms with Gasteiger partial charge in [-0.2, -0.15) is 0 Å². The van der Waals surface area contributed by atoms with E-state index in [1.807, 2.05) is 12.1 Å². The van der Waals surface area contributed by atoms with Crippen LogP contribution in [0.3, 0.4) is 0 Å². The number of carbonyl (C=O) groups is 1. The summed E-state index contributed by atoms with van der Waals surface area (Å²) in [7, 11) is 2.74. The second kappa shape index (κ2) is 17.2. The molecule has 0 saturated carbocycles. The fourth-order valence-corrected chi connectivity index (χ4v) is 2.10. The van der Waals surface area contributed by atoms with E-state index in [0.717, 1.165) is 4.90 Å². The molecule has 1 heterocycles. The fraction of sp³-hybridized carbons (Fsp3) is 0.500. The van der Waals surface area contributed by atoms with Gasteiger partial charge in [-0.1, -0.05) is 20.8 Å². The summed E-state index contributed by atoms with van der Waals surface area (Å²) < 4.78 is 0. The highest BCUT2D eigenvalue weighted by Gasteiger charge is 1.89. The van der Waals surface area contributed by atoms with Crippen LogP contribution >= 0.6 is 21.8 Å². The molecule has 0 aliphatic heterocycles. The van der Waals surface area contributed by atoms with Gasteiger partial charge in [-0.15, -0.1) is 0 Å². The summed E-state index contributed by atoms with van der Waals surface area (Å²) >= 11 is 0. The average Bonchev–Trinajstić information content (AvgIpc) is 2.44. The maximum Gasteiger partial charge on any atom is 0.290 e. The zero-order valence-corrected chi connectivity index (χ0v) is 13.3. The first kappa shape index (κ1) is 20.6. The molecule has 0 aliphatic rings. The highest BCUT2D eigenvalue weighted by atomic mass is 33.1. The van der Waals surface area contributed by atoms with Gasteiger partial charge in [0, 0.05) is 17.3 Å². The largest absolute Gasteiger partial charge is 0.483 e. The molecule has 0 unspecified atom stereocenters. The van der Waals surface area contributed by atoms with E-state index in [1.165, 1.54) is 41.4 Å². The Morgan fingerprint density at radius 1 is 1.37 bits per heavy atom. The molecule has 0 saturated heterocycles. The predicted octanol–water partition coefficient (Wildman–Crippen LogP) is 2.74. The van der Waals surface area contributed by atoms with Crippen LogP contribution in [0.1, 0.15) is 20.8 Å². The molecule has 1 aromatic rings. The fourth-order valence-electron chi connectivity index (χ4n) is 1.12. The van der Waals surface area contributed by atoms with E-state index in [4.69, 9.17) is 15.0 Å². The van der Waals surface area contributed by atoms with E-state index >= 15 is 0 Å². The highest BCUT2D eigenvalue weighted by Crippen LogP contribution is 2.24. The minimum Gasteiger partial charge on any atom is -0.483 e. The van der Waals surface area contributed by atoms with Crippen molar-refractivity contribution in [3.05, 3.63) is 24.5 Å². The molecule has 19 heavy (non-hydrogen) atoms. The van der Waals surface area contributed by atoms with Crippen molar-refractivity contribution in [2.45, 2.75) is 25.7 Å². The Morgan fingerprint density at radius 2 is 1.89 bits per heavy atom. The van der Waals surface area contributed by atoms with Crippen LogP contribution in [0, 0.1) is 0 Å². The van der Waals surface area contributed by atoms with Crippen molar-refractivity contribution in [1.29, 1.82) is 0 Å². The molecule has 0 radical (unpaired) electrons. The molecule has 0 spiro atoms. The van der Waals surface area contributed by atoms with Crippen LogP contribution < -0.4 is 5.14 Å². The second-order valence-corrected chi connectivity index (χ2v) is 5.00. The second-order valence-electron chi connectivity index (χ2n) is 3.09. The first-order valence-electron chi connectivity index (χ1n) is 5.93. The molecule has 1 rings (SSSR count). The van der Waals surface area contributed by atoms with Crippen molar-refractivity contribution in [3.63, 3.8) is 0 Å². The lowest BCUT2D eigenvalue weighted by Gasteiger charge is -2.13. The summed E-state index contributed by atoms with van der Waals surface area (Å²) in [5.74, 6) is 0. The van der Waals surface area contributed by atoms with Crippen LogP contribution in [0.15, 0.2) is 29.4 Å². The van der Waals surface area contributed by atoms with Crippen molar-refractivity contribution in [2.24, 2.45) is 5.14 Å². The number of hydrogen-bond acceptors (Lipinski definition) is 6. The molecule has 5 nitrogen and oxygen atoms in total. The van der Waals surface area contributed by atoms with Gasteiger partial charge >= 0.3 is 0 Å². The van der Waals surface area contributed by atoms with E-state index < -0.39 is 0 Å². The number of hydrogen-bond donors (Lipinski definition) is 2. The van der Waals surface area contributed by atoms with Crippen molar-refractivity contribution in [2.75, 3.05) is 19.6 Å². The maximum atomic E-state index is 8.36. The summed E-state index contributed by atoms with van der Waals surface area (Å²) in [6.45, 7) is 9.88. The summed E-state index contributed by atoms with van der Waals surface area (Å²) in [5.41, 5.74) is 0. The van der Waals surface area contributed by atoms with Gasteiger partial charge in [-0.05, 0) is 53.5 Å². The van der Waals surface area contributed by atoms with Gasteiger partial charge < -0.3 is 10.0 Å². The number of nitrogens with two attached hydrogens (primary N) is 1. The number of carboxylic acid groups (broad SMARTS) is 1. The molecular weight excluding hydrogens is 282 g/mol. The molecular formula is C12H23N3O2S2. The SMILES string of the molecule is CCN(CC)CC.NSSc1cccnc1.O=CO. The summed E-state index contributed by atoms with van der Waals surface area (Å²) in [5, 5.41) is 12.1. The highest BCUT2D eigenvalue weighted by molar-refractivity contribution is 8.75. The lowest BCUT2D eigenvalue weighted by molar-refractivity contribution is -0.122. The molecule has 0 bridgehead atoms. The molecule has 0 atom stereocenters. The molecule has 0 amide bonds. The van der Waals surface area contributed by atoms with Crippen molar-refractivity contribution >= 4 is 28.2 Å². The normalized spacial score (nSPS) is 8.89. The van der Waals surface area contributed by atoms with Crippen molar-refractivity contribution in [1.82, 2.24) is 9.88 Å². The third-order valence-corrected chi connectivity index (χ3v) is 3.52. The van der Waals surface area contributed by atoms with Crippen LogP contribution in [0.25, 0.3) is 0 Å². The van der Waals surface area contributed by atoms with Gasteiger partial charge in [0.05, 0.1) is 0 Å². The molecule has 0 fully saturated rings. The van der Waals surface area contributed by atoms with Gasteiger partial charge in [0.15, 0.2) is 0 Å². The van der Waals surface area contributed by atoms with Crippen LogP contribution in [0.4, 0.5) is 0 Å². The van der Waals surface area contributed by atoms with Crippen molar-refractivity contribution < 1.29 is 9.90 Å². The predicted molar refractivity (Wildman–Crippen MR) is 84.0 cm³/mol. The van der Waals surface area contributed by atoms with Gasteiger partial charge in [0.1, 0.15) is 0 Å². The zero-order valence-electron chi connectivity index (χ0n) is 11.7. The van der Waals surface area contributed by atoms with E-state index in [0.29, 0.717) is 0 Å². The topological polar surface area (TPSA) is 79.5 Å². The van der Waals surface area contributed by atoms with E-state index in [9.17, 15) is 0 Å².